The molecule has 0 radical (unpaired) electrons. The van der Waals surface area contributed by atoms with Crippen LogP contribution in [0.5, 0.6) is 5.75 Å². The van der Waals surface area contributed by atoms with Crippen LogP contribution in [0.25, 0.3) is 0 Å². The van der Waals surface area contributed by atoms with E-state index in [0.29, 0.717) is 24.4 Å². The number of hydrogen-bond acceptors (Lipinski definition) is 6. The molecule has 2 heterocycles. The van der Waals surface area contributed by atoms with Gasteiger partial charge in [0.2, 0.25) is 0 Å². The monoisotopic (exact) mass is 373 g/mol. The highest BCUT2D eigenvalue weighted by Crippen LogP contribution is 2.15. The zero-order chi connectivity index (χ0) is 18.5. The van der Waals surface area contributed by atoms with E-state index in [1.54, 1.807) is 35.6 Å². The standard InChI is InChI=1S/C19H23N3O3S/c1-14(23)16-4-3-5-18(10-16)25-12-19(24)22-8-6-21(7-9-22)11-17-13-26-15(2)20-17/h3-5,10,13H,6-9,11-12H2,1-2H3. The molecule has 7 heteroatoms. The molecule has 0 bridgehead atoms. The molecule has 1 aromatic heterocycles. The summed E-state index contributed by atoms with van der Waals surface area (Å²) >= 11 is 1.67. The normalized spacial score (nSPS) is 15.1. The van der Waals surface area contributed by atoms with Crippen LogP contribution >= 0.6 is 11.3 Å². The fourth-order valence-electron chi connectivity index (χ4n) is 2.91. The first kappa shape index (κ1) is 18.5. The minimum absolute atomic E-state index is 0.00730. The number of aromatic nitrogens is 1. The molecule has 0 atom stereocenters. The van der Waals surface area contributed by atoms with E-state index in [4.69, 9.17) is 4.74 Å². The van der Waals surface area contributed by atoms with Gasteiger partial charge in [-0.3, -0.25) is 14.5 Å². The Balaban J connectivity index is 1.45. The van der Waals surface area contributed by atoms with Crippen LogP contribution in [0.1, 0.15) is 28.0 Å². The number of carbonyl (C=O) groups excluding carboxylic acids is 2. The Hall–Kier alpha value is -2.25. The maximum absolute atomic E-state index is 12.4. The predicted molar refractivity (Wildman–Crippen MR) is 101 cm³/mol. The molecule has 0 saturated carbocycles. The van der Waals surface area contributed by atoms with Crippen molar-refractivity contribution in [2.24, 2.45) is 0 Å². The lowest BCUT2D eigenvalue weighted by molar-refractivity contribution is -0.135. The van der Waals surface area contributed by atoms with Crippen LogP contribution in [0, 0.1) is 6.92 Å². The zero-order valence-corrected chi connectivity index (χ0v) is 15.9. The van der Waals surface area contributed by atoms with Crippen LogP contribution in [0.4, 0.5) is 0 Å². The molecule has 1 aromatic carbocycles. The van der Waals surface area contributed by atoms with E-state index in [1.807, 2.05) is 11.8 Å². The van der Waals surface area contributed by atoms with Gasteiger partial charge in [0, 0.05) is 43.7 Å². The maximum atomic E-state index is 12.4. The Morgan fingerprint density at radius 2 is 2.00 bits per heavy atom. The number of hydrogen-bond donors (Lipinski definition) is 0. The number of nitrogens with zero attached hydrogens (tertiary/aromatic N) is 3. The van der Waals surface area contributed by atoms with Crippen LogP contribution in [-0.2, 0) is 11.3 Å². The first-order valence-corrected chi connectivity index (χ1v) is 9.54. The van der Waals surface area contributed by atoms with Crippen molar-refractivity contribution >= 4 is 23.0 Å². The zero-order valence-electron chi connectivity index (χ0n) is 15.1. The van der Waals surface area contributed by atoms with Crippen molar-refractivity contribution < 1.29 is 14.3 Å². The number of ether oxygens (including phenoxy) is 1. The number of thiazole rings is 1. The molecule has 138 valence electrons. The molecular weight excluding hydrogens is 350 g/mol. The largest absolute Gasteiger partial charge is 0.484 e. The third-order valence-corrected chi connectivity index (χ3v) is 5.20. The van der Waals surface area contributed by atoms with E-state index in [0.717, 1.165) is 30.3 Å². The van der Waals surface area contributed by atoms with Gasteiger partial charge >= 0.3 is 0 Å². The maximum Gasteiger partial charge on any atom is 0.260 e. The number of piperazine rings is 1. The summed E-state index contributed by atoms with van der Waals surface area (Å²) in [6, 6.07) is 6.92. The summed E-state index contributed by atoms with van der Waals surface area (Å²) in [4.78, 5) is 32.4. The third-order valence-electron chi connectivity index (χ3n) is 4.38. The molecule has 1 aliphatic heterocycles. The summed E-state index contributed by atoms with van der Waals surface area (Å²) < 4.78 is 5.57. The Morgan fingerprint density at radius 3 is 2.65 bits per heavy atom. The second kappa shape index (κ2) is 8.42. The Bertz CT molecular complexity index is 782. The van der Waals surface area contributed by atoms with Crippen molar-refractivity contribution in [2.75, 3.05) is 32.8 Å². The fraction of sp³-hybridized carbons (Fsp3) is 0.421. The molecule has 0 unspecified atom stereocenters. The molecule has 1 amide bonds. The number of carbonyl (C=O) groups is 2. The van der Waals surface area contributed by atoms with Crippen LogP contribution in [0.3, 0.4) is 0 Å². The Labute approximate surface area is 157 Å². The van der Waals surface area contributed by atoms with Gasteiger partial charge in [0.25, 0.3) is 5.91 Å². The lowest BCUT2D eigenvalue weighted by Crippen LogP contribution is -2.49. The van der Waals surface area contributed by atoms with Gasteiger partial charge in [-0.15, -0.1) is 11.3 Å². The van der Waals surface area contributed by atoms with Crippen molar-refractivity contribution in [1.82, 2.24) is 14.8 Å². The topological polar surface area (TPSA) is 62.7 Å². The van der Waals surface area contributed by atoms with E-state index >= 15 is 0 Å². The highest BCUT2D eigenvalue weighted by atomic mass is 32.1. The molecule has 0 spiro atoms. The summed E-state index contributed by atoms with van der Waals surface area (Å²) in [6.07, 6.45) is 0. The number of rotatable bonds is 6. The predicted octanol–water partition coefficient (Wildman–Crippen LogP) is 2.38. The molecule has 1 aliphatic rings. The number of ketones is 1. The SMILES string of the molecule is CC(=O)c1cccc(OCC(=O)N2CCN(Cc3csc(C)n3)CC2)c1. The average Bonchev–Trinajstić information content (AvgIpc) is 3.05. The minimum atomic E-state index is -0.0256. The van der Waals surface area contributed by atoms with Crippen molar-refractivity contribution in [3.05, 3.63) is 45.9 Å². The quantitative estimate of drug-likeness (QED) is 0.728. The Kier molecular flexibility index (Phi) is 6.00. The molecule has 1 fully saturated rings. The van der Waals surface area contributed by atoms with E-state index in [2.05, 4.69) is 15.3 Å². The summed E-state index contributed by atoms with van der Waals surface area (Å²) in [5.41, 5.74) is 1.68. The summed E-state index contributed by atoms with van der Waals surface area (Å²) in [7, 11) is 0. The lowest BCUT2D eigenvalue weighted by atomic mass is 10.1. The van der Waals surface area contributed by atoms with Crippen LogP contribution < -0.4 is 4.74 Å². The first-order chi connectivity index (χ1) is 12.5. The van der Waals surface area contributed by atoms with Crippen molar-refractivity contribution in [1.29, 1.82) is 0 Å². The number of aryl methyl sites for hydroxylation is 1. The number of Topliss-reactive ketones (excluding diaryl/α,β-unsaturated/α-hetero) is 1. The van der Waals surface area contributed by atoms with E-state index in [1.165, 1.54) is 6.92 Å². The highest BCUT2D eigenvalue weighted by molar-refractivity contribution is 7.09. The number of amides is 1. The van der Waals surface area contributed by atoms with Gasteiger partial charge in [0.15, 0.2) is 12.4 Å². The highest BCUT2D eigenvalue weighted by Gasteiger charge is 2.22. The van der Waals surface area contributed by atoms with Crippen molar-refractivity contribution in [3.8, 4) is 5.75 Å². The molecule has 3 rings (SSSR count). The average molecular weight is 373 g/mol. The molecular formula is C19H23N3O3S. The molecule has 2 aromatic rings. The van der Waals surface area contributed by atoms with Crippen molar-refractivity contribution in [2.45, 2.75) is 20.4 Å². The van der Waals surface area contributed by atoms with E-state index in [-0.39, 0.29) is 18.3 Å². The molecule has 1 saturated heterocycles. The van der Waals surface area contributed by atoms with E-state index in [9.17, 15) is 9.59 Å². The first-order valence-electron chi connectivity index (χ1n) is 8.66. The van der Waals surface area contributed by atoms with Gasteiger partial charge < -0.3 is 9.64 Å². The summed E-state index contributed by atoms with van der Waals surface area (Å²) in [6.45, 7) is 7.41. The molecule has 0 N–H and O–H groups in total. The van der Waals surface area contributed by atoms with Crippen LogP contribution in [0.15, 0.2) is 29.6 Å². The van der Waals surface area contributed by atoms with Crippen LogP contribution in [-0.4, -0.2) is 59.3 Å². The fourth-order valence-corrected chi connectivity index (χ4v) is 3.51. The summed E-state index contributed by atoms with van der Waals surface area (Å²) in [5, 5.41) is 3.18. The number of benzene rings is 1. The second-order valence-electron chi connectivity index (χ2n) is 6.39. The van der Waals surface area contributed by atoms with E-state index < -0.39 is 0 Å². The van der Waals surface area contributed by atoms with Gasteiger partial charge in [0.1, 0.15) is 5.75 Å². The van der Waals surface area contributed by atoms with Gasteiger partial charge in [-0.1, -0.05) is 12.1 Å². The Morgan fingerprint density at radius 1 is 1.23 bits per heavy atom. The molecule has 26 heavy (non-hydrogen) atoms. The van der Waals surface area contributed by atoms with Gasteiger partial charge in [0.05, 0.1) is 10.7 Å². The summed E-state index contributed by atoms with van der Waals surface area (Å²) in [5.74, 6) is 0.499. The van der Waals surface area contributed by atoms with Crippen molar-refractivity contribution in [3.63, 3.8) is 0 Å². The third kappa shape index (κ3) is 4.89. The molecule has 6 nitrogen and oxygen atoms in total. The minimum Gasteiger partial charge on any atom is -0.484 e. The molecule has 0 aliphatic carbocycles. The van der Waals surface area contributed by atoms with Crippen LogP contribution in [0.2, 0.25) is 0 Å². The van der Waals surface area contributed by atoms with Gasteiger partial charge in [-0.2, -0.15) is 0 Å². The van der Waals surface area contributed by atoms with Gasteiger partial charge in [-0.05, 0) is 26.0 Å². The lowest BCUT2D eigenvalue weighted by Gasteiger charge is -2.34. The van der Waals surface area contributed by atoms with Gasteiger partial charge in [-0.25, -0.2) is 4.98 Å². The second-order valence-corrected chi connectivity index (χ2v) is 7.45. The smallest absolute Gasteiger partial charge is 0.260 e.